The smallest absolute Gasteiger partial charge is 0.275 e. The van der Waals surface area contributed by atoms with Gasteiger partial charge in [0.25, 0.3) is 10.0 Å². The molecule has 2 amide bonds. The van der Waals surface area contributed by atoms with Crippen LogP contribution in [0.15, 0.2) is 23.4 Å². The fourth-order valence-corrected chi connectivity index (χ4v) is 5.11. The Labute approximate surface area is 173 Å². The summed E-state index contributed by atoms with van der Waals surface area (Å²) in [6.45, 7) is 1.86. The van der Waals surface area contributed by atoms with Crippen molar-refractivity contribution in [1.82, 2.24) is 24.5 Å². The van der Waals surface area contributed by atoms with E-state index in [2.05, 4.69) is 14.7 Å². The van der Waals surface area contributed by atoms with Crippen molar-refractivity contribution in [2.45, 2.75) is 36.9 Å². The number of nitrogens with zero attached hydrogens (tertiary/aromatic N) is 3. The summed E-state index contributed by atoms with van der Waals surface area (Å²) in [5.41, 5.74) is 0.952. The molecule has 9 nitrogen and oxygen atoms in total. The summed E-state index contributed by atoms with van der Waals surface area (Å²) < 4.78 is 27.9. The first-order valence-electron chi connectivity index (χ1n) is 9.58. The number of halogens is 1. The van der Waals surface area contributed by atoms with Gasteiger partial charge < -0.3 is 14.8 Å². The maximum Gasteiger partial charge on any atom is 0.275 e. The van der Waals surface area contributed by atoms with Gasteiger partial charge in [0, 0.05) is 24.7 Å². The fourth-order valence-electron chi connectivity index (χ4n) is 3.77. The van der Waals surface area contributed by atoms with Crippen molar-refractivity contribution in [3.63, 3.8) is 0 Å². The summed E-state index contributed by atoms with van der Waals surface area (Å²) in [6, 6.07) is 3.90. The van der Waals surface area contributed by atoms with Gasteiger partial charge in [0.05, 0.1) is 17.6 Å². The number of benzene rings is 1. The summed E-state index contributed by atoms with van der Waals surface area (Å²) >= 11 is 5.93. The topological polar surface area (TPSA) is 115 Å². The van der Waals surface area contributed by atoms with Crippen LogP contribution < -0.4 is 4.72 Å². The van der Waals surface area contributed by atoms with Crippen molar-refractivity contribution >= 4 is 44.5 Å². The third-order valence-electron chi connectivity index (χ3n) is 5.29. The minimum atomic E-state index is -4.04. The van der Waals surface area contributed by atoms with E-state index < -0.39 is 16.1 Å². The molecule has 1 aromatic carbocycles. The molecule has 0 aliphatic carbocycles. The molecule has 0 saturated carbocycles. The molecule has 0 unspecified atom stereocenters. The maximum atomic E-state index is 12.8. The van der Waals surface area contributed by atoms with E-state index >= 15 is 0 Å². The van der Waals surface area contributed by atoms with Gasteiger partial charge in [-0.15, -0.1) is 0 Å². The molecule has 0 bridgehead atoms. The normalized spacial score (nSPS) is 20.6. The Morgan fingerprint density at radius 3 is 2.76 bits per heavy atom. The van der Waals surface area contributed by atoms with Crippen LogP contribution in [0.5, 0.6) is 0 Å². The molecular weight excluding hydrogens is 418 g/mol. The molecule has 29 heavy (non-hydrogen) atoms. The number of likely N-dealkylation sites (tertiary alicyclic amines) is 2. The van der Waals surface area contributed by atoms with E-state index in [1.807, 2.05) is 0 Å². The Morgan fingerprint density at radius 2 is 2.00 bits per heavy atom. The molecule has 2 aromatic rings. The van der Waals surface area contributed by atoms with Gasteiger partial charge in [-0.25, -0.2) is 13.4 Å². The fraction of sp³-hybridized carbons (Fsp3) is 0.500. The van der Waals surface area contributed by atoms with Gasteiger partial charge in [-0.3, -0.25) is 9.59 Å². The molecule has 11 heteroatoms. The zero-order chi connectivity index (χ0) is 20.6. The number of fused-ring (bicyclic) bond motifs is 1. The quantitative estimate of drug-likeness (QED) is 0.724. The molecular formula is C18H22ClN5O4S. The highest BCUT2D eigenvalue weighted by Crippen LogP contribution is 2.20. The highest BCUT2D eigenvalue weighted by molar-refractivity contribution is 7.89. The maximum absolute atomic E-state index is 12.8. The third kappa shape index (κ3) is 4.24. The van der Waals surface area contributed by atoms with Crippen molar-refractivity contribution in [1.29, 1.82) is 0 Å². The first-order chi connectivity index (χ1) is 13.8. The monoisotopic (exact) mass is 439 g/mol. The molecule has 3 heterocycles. The Kier molecular flexibility index (Phi) is 5.50. The summed E-state index contributed by atoms with van der Waals surface area (Å²) in [6.07, 6.45) is 2.94. The molecule has 2 N–H and O–H groups in total. The summed E-state index contributed by atoms with van der Waals surface area (Å²) in [5.74, 6) is -0.472. The lowest BCUT2D eigenvalue weighted by molar-refractivity contribution is -0.142. The predicted octanol–water partition coefficient (Wildman–Crippen LogP) is 1.11. The number of carbonyl (C=O) groups is 2. The zero-order valence-electron chi connectivity index (χ0n) is 15.7. The molecule has 2 saturated heterocycles. The van der Waals surface area contributed by atoms with Crippen LogP contribution >= 0.6 is 11.6 Å². The molecule has 4 rings (SSSR count). The van der Waals surface area contributed by atoms with Gasteiger partial charge in [-0.2, -0.15) is 4.72 Å². The molecule has 2 fully saturated rings. The number of aromatic amines is 1. The zero-order valence-corrected chi connectivity index (χ0v) is 17.3. The van der Waals surface area contributed by atoms with Crippen molar-refractivity contribution in [2.75, 3.05) is 26.2 Å². The number of aromatic nitrogens is 2. The van der Waals surface area contributed by atoms with Crippen molar-refractivity contribution < 1.29 is 18.0 Å². The second-order valence-corrected chi connectivity index (χ2v) is 9.43. The minimum Gasteiger partial charge on any atom is -0.341 e. The number of rotatable bonds is 5. The molecule has 156 valence electrons. The number of H-pyrrole nitrogens is 1. The van der Waals surface area contributed by atoms with Crippen LogP contribution in [0.2, 0.25) is 5.02 Å². The number of sulfonamides is 1. The van der Waals surface area contributed by atoms with Gasteiger partial charge in [0.15, 0.2) is 0 Å². The van der Waals surface area contributed by atoms with E-state index in [9.17, 15) is 18.0 Å². The standard InChI is InChI=1S/C18H22ClN5O4S/c19-12-5-6-13-15(10-12)21-18(20-13)29(27,28)22-14-4-3-9-24(17(14)26)11-16(25)23-7-1-2-8-23/h5-6,10,14,22H,1-4,7-9,11H2,(H,20,21)/t14-/m0/s1. The number of piperidine rings is 1. The summed E-state index contributed by atoms with van der Waals surface area (Å²) in [4.78, 5) is 35.2. The summed E-state index contributed by atoms with van der Waals surface area (Å²) in [7, 11) is -4.04. The molecule has 0 radical (unpaired) electrons. The van der Waals surface area contributed by atoms with Crippen LogP contribution in [0.3, 0.4) is 0 Å². The number of hydrogen-bond donors (Lipinski definition) is 2. The van der Waals surface area contributed by atoms with Gasteiger partial charge >= 0.3 is 0 Å². The molecule has 0 spiro atoms. The highest BCUT2D eigenvalue weighted by atomic mass is 35.5. The largest absolute Gasteiger partial charge is 0.341 e. The van der Waals surface area contributed by atoms with Crippen LogP contribution in [0.4, 0.5) is 0 Å². The Hall–Kier alpha value is -2.17. The number of carbonyl (C=O) groups excluding carboxylic acids is 2. The second-order valence-electron chi connectivity index (χ2n) is 7.37. The Morgan fingerprint density at radius 1 is 1.24 bits per heavy atom. The molecule has 1 aromatic heterocycles. The predicted molar refractivity (Wildman–Crippen MR) is 107 cm³/mol. The Bertz CT molecular complexity index is 1050. The van der Waals surface area contributed by atoms with Gasteiger partial charge in [0.2, 0.25) is 17.0 Å². The van der Waals surface area contributed by atoms with Crippen molar-refractivity contribution in [3.8, 4) is 0 Å². The van der Waals surface area contributed by atoms with Crippen LogP contribution in [0, 0.1) is 0 Å². The highest BCUT2D eigenvalue weighted by Gasteiger charge is 2.35. The van der Waals surface area contributed by atoms with Crippen LogP contribution in [0.25, 0.3) is 11.0 Å². The summed E-state index contributed by atoms with van der Waals surface area (Å²) in [5, 5.41) is 0.187. The number of amides is 2. The second kappa shape index (κ2) is 7.92. The third-order valence-corrected chi connectivity index (χ3v) is 6.82. The van der Waals surface area contributed by atoms with E-state index in [-0.39, 0.29) is 23.5 Å². The number of imidazole rings is 1. The van der Waals surface area contributed by atoms with E-state index in [4.69, 9.17) is 11.6 Å². The van der Waals surface area contributed by atoms with Crippen LogP contribution in [-0.2, 0) is 19.6 Å². The van der Waals surface area contributed by atoms with E-state index in [0.29, 0.717) is 48.5 Å². The van der Waals surface area contributed by atoms with Gasteiger partial charge in [-0.05, 0) is 43.9 Å². The molecule has 2 aliphatic heterocycles. The van der Waals surface area contributed by atoms with Gasteiger partial charge in [0.1, 0.15) is 6.04 Å². The lowest BCUT2D eigenvalue weighted by Crippen LogP contribution is -2.54. The van der Waals surface area contributed by atoms with Crippen LogP contribution in [0.1, 0.15) is 25.7 Å². The van der Waals surface area contributed by atoms with E-state index in [0.717, 1.165) is 12.8 Å². The average molecular weight is 440 g/mol. The average Bonchev–Trinajstić information content (AvgIpc) is 3.34. The van der Waals surface area contributed by atoms with E-state index in [1.54, 1.807) is 23.1 Å². The van der Waals surface area contributed by atoms with E-state index in [1.165, 1.54) is 4.90 Å². The minimum absolute atomic E-state index is 0.0137. The lowest BCUT2D eigenvalue weighted by atomic mass is 10.1. The Balaban J connectivity index is 1.46. The number of nitrogens with one attached hydrogen (secondary N) is 2. The van der Waals surface area contributed by atoms with Crippen molar-refractivity contribution in [2.24, 2.45) is 0 Å². The lowest BCUT2D eigenvalue weighted by Gasteiger charge is -2.32. The molecule has 2 aliphatic rings. The SMILES string of the molecule is O=C(CN1CCC[C@H](NS(=O)(=O)c2nc3ccc(Cl)cc3[nH]2)C1=O)N1CCCC1. The molecule has 1 atom stereocenters. The number of hydrogen-bond acceptors (Lipinski definition) is 5. The van der Waals surface area contributed by atoms with Crippen LogP contribution in [-0.4, -0.2) is 72.2 Å². The first kappa shape index (κ1) is 20.1. The first-order valence-corrected chi connectivity index (χ1v) is 11.4. The van der Waals surface area contributed by atoms with Crippen molar-refractivity contribution in [3.05, 3.63) is 23.2 Å². The van der Waals surface area contributed by atoms with Gasteiger partial charge in [-0.1, -0.05) is 11.6 Å².